The van der Waals surface area contributed by atoms with Crippen LogP contribution in [-0.2, 0) is 23.7 Å². The smallest absolute Gasteiger partial charge is 0.220 e. The van der Waals surface area contributed by atoms with Gasteiger partial charge in [-0.25, -0.2) is 0 Å². The average Bonchev–Trinajstić information content (AvgIpc) is 3.24. The Morgan fingerprint density at radius 1 is 0.600 bits per heavy atom. The molecule has 0 radical (unpaired) electrons. The van der Waals surface area contributed by atoms with Crippen molar-refractivity contribution < 1.29 is 64.6 Å². The summed E-state index contributed by atoms with van der Waals surface area (Å²) in [5.41, 5.74) is 0. The first-order valence-electron chi connectivity index (χ1n) is 23.6. The van der Waals surface area contributed by atoms with Gasteiger partial charge in [-0.3, -0.25) is 4.79 Å². The average molecular weight is 860 g/mol. The zero-order valence-corrected chi connectivity index (χ0v) is 36.9. The number of aliphatic hydroxyl groups excluding tert-OH is 8. The van der Waals surface area contributed by atoms with E-state index in [0.717, 1.165) is 70.6 Å². The van der Waals surface area contributed by atoms with Crippen LogP contribution in [0.2, 0.25) is 0 Å². The number of unbranched alkanes of at least 4 members (excludes halogenated alkanes) is 18. The number of nitrogens with one attached hydrogen (secondary N) is 1. The monoisotopic (exact) mass is 860 g/mol. The van der Waals surface area contributed by atoms with Crippen molar-refractivity contribution in [1.82, 2.24) is 5.32 Å². The summed E-state index contributed by atoms with van der Waals surface area (Å²) in [5.74, 6) is -0.217. The quantitative estimate of drug-likeness (QED) is 0.0303. The summed E-state index contributed by atoms with van der Waals surface area (Å²) < 4.78 is 22.6. The fraction of sp³-hybridized carbons (Fsp3) is 0.891. The minimum atomic E-state index is -1.78. The third-order valence-corrected chi connectivity index (χ3v) is 11.7. The van der Waals surface area contributed by atoms with E-state index >= 15 is 0 Å². The number of carbonyl (C=O) groups excluding carboxylic acids is 1. The SMILES string of the molecule is CCCCC/C=C\C/C=C\CCCCCCCCCCCC(=O)NC(COC1OC(CO)C(OC2OC(CO)C(O)C(O)C2O)C(O)C1O)C(O)CCCCCCCCC. The van der Waals surface area contributed by atoms with E-state index in [-0.39, 0.29) is 12.5 Å². The predicted octanol–water partition coefficient (Wildman–Crippen LogP) is 4.99. The molecule has 2 saturated heterocycles. The normalized spacial score (nSPS) is 28.4. The zero-order chi connectivity index (χ0) is 44.0. The van der Waals surface area contributed by atoms with Gasteiger partial charge >= 0.3 is 0 Å². The van der Waals surface area contributed by atoms with Gasteiger partial charge in [-0.15, -0.1) is 0 Å². The van der Waals surface area contributed by atoms with Gasteiger partial charge in [0.25, 0.3) is 0 Å². The summed E-state index contributed by atoms with van der Waals surface area (Å²) in [4.78, 5) is 13.1. The Morgan fingerprint density at radius 3 is 1.70 bits per heavy atom. The second-order valence-corrected chi connectivity index (χ2v) is 16.9. The van der Waals surface area contributed by atoms with E-state index in [9.17, 15) is 45.6 Å². The summed E-state index contributed by atoms with van der Waals surface area (Å²) in [7, 11) is 0. The van der Waals surface area contributed by atoms with Gasteiger partial charge in [0.05, 0.1) is 32.0 Å². The third-order valence-electron chi connectivity index (χ3n) is 11.7. The van der Waals surface area contributed by atoms with Crippen molar-refractivity contribution in [3.8, 4) is 0 Å². The molecule has 0 aromatic heterocycles. The molecule has 2 fully saturated rings. The molecule has 0 spiro atoms. The van der Waals surface area contributed by atoms with Crippen molar-refractivity contribution in [3.63, 3.8) is 0 Å². The Balaban J connectivity index is 1.79. The van der Waals surface area contributed by atoms with Crippen LogP contribution >= 0.6 is 0 Å². The van der Waals surface area contributed by atoms with Crippen molar-refractivity contribution in [2.24, 2.45) is 0 Å². The molecule has 0 saturated carbocycles. The van der Waals surface area contributed by atoms with Gasteiger partial charge in [0.1, 0.15) is 48.8 Å². The predicted molar refractivity (Wildman–Crippen MR) is 231 cm³/mol. The van der Waals surface area contributed by atoms with Crippen molar-refractivity contribution in [3.05, 3.63) is 24.3 Å². The van der Waals surface area contributed by atoms with Gasteiger partial charge in [0.2, 0.25) is 5.91 Å². The highest BCUT2D eigenvalue weighted by atomic mass is 16.7. The highest BCUT2D eigenvalue weighted by molar-refractivity contribution is 5.76. The maximum absolute atomic E-state index is 13.1. The van der Waals surface area contributed by atoms with E-state index in [1.165, 1.54) is 70.6 Å². The lowest BCUT2D eigenvalue weighted by Gasteiger charge is -2.46. The van der Waals surface area contributed by atoms with Crippen LogP contribution < -0.4 is 5.32 Å². The first-order chi connectivity index (χ1) is 29.1. The van der Waals surface area contributed by atoms with Crippen molar-refractivity contribution in [2.45, 2.75) is 242 Å². The molecule has 60 heavy (non-hydrogen) atoms. The maximum atomic E-state index is 13.1. The van der Waals surface area contributed by atoms with E-state index in [1.807, 2.05) is 0 Å². The first-order valence-corrected chi connectivity index (χ1v) is 23.6. The van der Waals surface area contributed by atoms with Gasteiger partial charge in [-0.2, -0.15) is 0 Å². The molecule has 2 rings (SSSR count). The lowest BCUT2D eigenvalue weighted by molar-refractivity contribution is -0.359. The largest absolute Gasteiger partial charge is 0.394 e. The number of carbonyl (C=O) groups is 1. The zero-order valence-electron chi connectivity index (χ0n) is 36.9. The molecule has 14 heteroatoms. The summed E-state index contributed by atoms with van der Waals surface area (Å²) in [5, 5.41) is 86.4. The van der Waals surface area contributed by atoms with Gasteiger partial charge in [0, 0.05) is 6.42 Å². The fourth-order valence-corrected chi connectivity index (χ4v) is 7.74. The number of amides is 1. The second kappa shape index (κ2) is 34.0. The van der Waals surface area contributed by atoms with Crippen LogP contribution in [0.3, 0.4) is 0 Å². The summed E-state index contributed by atoms with van der Waals surface area (Å²) in [6.07, 6.45) is 17.8. The highest BCUT2D eigenvalue weighted by Crippen LogP contribution is 2.30. The highest BCUT2D eigenvalue weighted by Gasteiger charge is 2.51. The molecule has 2 aliphatic heterocycles. The van der Waals surface area contributed by atoms with Gasteiger partial charge < -0.3 is 65.1 Å². The third kappa shape index (κ3) is 21.7. The van der Waals surface area contributed by atoms with E-state index in [0.29, 0.717) is 12.8 Å². The van der Waals surface area contributed by atoms with Gasteiger partial charge in [-0.05, 0) is 44.9 Å². The molecule has 12 unspecified atom stereocenters. The van der Waals surface area contributed by atoms with Crippen LogP contribution in [0.15, 0.2) is 24.3 Å². The van der Waals surface area contributed by atoms with Gasteiger partial charge in [-0.1, -0.05) is 141 Å². The number of aliphatic hydroxyl groups is 8. The molecule has 352 valence electrons. The van der Waals surface area contributed by atoms with Gasteiger partial charge in [0.15, 0.2) is 12.6 Å². The number of allylic oxidation sites excluding steroid dienone is 4. The van der Waals surface area contributed by atoms with Crippen molar-refractivity contribution >= 4 is 5.91 Å². The molecule has 12 atom stereocenters. The standard InChI is InChI=1S/C46H85NO13/c1-3-5-7-9-11-12-13-14-15-16-17-18-19-20-21-22-24-26-28-30-38(51)47-34(35(50)29-27-25-23-10-8-6-4-2)33-57-45-43(56)41(54)44(37(32-49)59-45)60-46-42(55)40(53)39(52)36(31-48)58-46/h11-12,14-15,34-37,39-46,48-50,52-56H,3-10,13,16-33H2,1-2H3,(H,47,51)/b12-11-,15-14-. The first kappa shape index (κ1) is 54.6. The molecule has 1 amide bonds. The van der Waals surface area contributed by atoms with E-state index in [1.54, 1.807) is 0 Å². The van der Waals surface area contributed by atoms with Crippen LogP contribution in [-0.4, -0.2) is 140 Å². The molecule has 9 N–H and O–H groups in total. The Labute approximate surface area is 360 Å². The Kier molecular flexibility index (Phi) is 30.9. The minimum Gasteiger partial charge on any atom is -0.394 e. The number of hydrogen-bond acceptors (Lipinski definition) is 13. The fourth-order valence-electron chi connectivity index (χ4n) is 7.74. The number of hydrogen-bond donors (Lipinski definition) is 9. The molecule has 2 heterocycles. The van der Waals surface area contributed by atoms with Crippen LogP contribution in [0, 0.1) is 0 Å². The molecule has 0 aliphatic carbocycles. The molecule has 0 bridgehead atoms. The molecule has 0 aromatic carbocycles. The number of ether oxygens (including phenoxy) is 4. The minimum absolute atomic E-state index is 0.217. The van der Waals surface area contributed by atoms with Crippen LogP contribution in [0.25, 0.3) is 0 Å². The summed E-state index contributed by atoms with van der Waals surface area (Å²) in [6.45, 7) is 2.75. The maximum Gasteiger partial charge on any atom is 0.220 e. The lowest BCUT2D eigenvalue weighted by Crippen LogP contribution is -2.65. The Hall–Kier alpha value is -1.53. The topological polar surface area (TPSA) is 228 Å². The molecular weight excluding hydrogens is 774 g/mol. The molecule has 0 aromatic rings. The van der Waals surface area contributed by atoms with E-state index in [4.69, 9.17) is 18.9 Å². The van der Waals surface area contributed by atoms with Crippen LogP contribution in [0.5, 0.6) is 0 Å². The lowest BCUT2D eigenvalue weighted by atomic mass is 9.97. The second-order valence-electron chi connectivity index (χ2n) is 16.9. The van der Waals surface area contributed by atoms with Crippen molar-refractivity contribution in [1.29, 1.82) is 0 Å². The van der Waals surface area contributed by atoms with Crippen LogP contribution in [0.1, 0.15) is 168 Å². The Morgan fingerprint density at radius 2 is 1.10 bits per heavy atom. The number of rotatable bonds is 35. The molecular formula is C46H85NO13. The van der Waals surface area contributed by atoms with Crippen molar-refractivity contribution in [2.75, 3.05) is 19.8 Å². The molecule has 14 nitrogen and oxygen atoms in total. The van der Waals surface area contributed by atoms with E-state index < -0.39 is 86.8 Å². The Bertz CT molecular complexity index is 1110. The molecule has 2 aliphatic rings. The summed E-state index contributed by atoms with van der Waals surface area (Å²) in [6, 6.07) is -0.825. The summed E-state index contributed by atoms with van der Waals surface area (Å²) >= 11 is 0. The van der Waals surface area contributed by atoms with E-state index in [2.05, 4.69) is 43.5 Å². The van der Waals surface area contributed by atoms with Crippen LogP contribution in [0.4, 0.5) is 0 Å².